The molecule has 0 saturated carbocycles. The molecule has 2 heterocycles. The van der Waals surface area contributed by atoms with Crippen LogP contribution in [-0.2, 0) is 11.3 Å². The van der Waals surface area contributed by atoms with Crippen LogP contribution >= 0.6 is 0 Å². The summed E-state index contributed by atoms with van der Waals surface area (Å²) in [5, 5.41) is 3.17. The van der Waals surface area contributed by atoms with Gasteiger partial charge in [0, 0.05) is 6.07 Å². The molecule has 0 aliphatic rings. The number of rotatable bonds is 6. The van der Waals surface area contributed by atoms with Gasteiger partial charge in [0.05, 0.1) is 23.8 Å². The van der Waals surface area contributed by atoms with Crippen LogP contribution in [0.3, 0.4) is 0 Å². The van der Waals surface area contributed by atoms with Crippen LogP contribution in [0.25, 0.3) is 22.1 Å². The van der Waals surface area contributed by atoms with Crippen LogP contribution in [0.1, 0.15) is 11.5 Å². The fraction of sp³-hybridized carbons (Fsp3) is 0.130. The average molecular weight is 389 g/mol. The van der Waals surface area contributed by atoms with Gasteiger partial charge in [-0.3, -0.25) is 9.59 Å². The van der Waals surface area contributed by atoms with Crippen molar-refractivity contribution in [2.45, 2.75) is 13.5 Å². The third-order valence-corrected chi connectivity index (χ3v) is 4.51. The zero-order valence-corrected chi connectivity index (χ0v) is 15.8. The quantitative estimate of drug-likeness (QED) is 0.538. The number of nitrogens with one attached hydrogen (secondary N) is 1. The van der Waals surface area contributed by atoms with E-state index < -0.39 is 0 Å². The molecule has 4 aromatic rings. The van der Waals surface area contributed by atoms with E-state index >= 15 is 0 Å². The van der Waals surface area contributed by atoms with Gasteiger partial charge in [0.15, 0.2) is 6.61 Å². The molecule has 4 rings (SSSR count). The second-order valence-corrected chi connectivity index (χ2v) is 6.53. The molecular formula is C23H19NO5. The normalized spacial score (nSPS) is 10.8. The molecule has 6 heteroatoms. The molecule has 0 radical (unpaired) electrons. The first-order valence-corrected chi connectivity index (χ1v) is 9.16. The molecule has 29 heavy (non-hydrogen) atoms. The van der Waals surface area contributed by atoms with Gasteiger partial charge >= 0.3 is 0 Å². The molecule has 0 saturated heterocycles. The lowest BCUT2D eigenvalue weighted by atomic mass is 10.0. The number of furan rings is 1. The SMILES string of the molecule is Cc1oc2cc(OCC(=O)NCc3ccco3)ccc2c(=O)c1-c1ccccc1. The zero-order chi connectivity index (χ0) is 20.2. The van der Waals surface area contributed by atoms with Gasteiger partial charge in [0.25, 0.3) is 5.91 Å². The number of fused-ring (bicyclic) bond motifs is 1. The Kier molecular flexibility index (Phi) is 5.16. The average Bonchev–Trinajstić information content (AvgIpc) is 3.25. The van der Waals surface area contributed by atoms with Crippen LogP contribution in [0.4, 0.5) is 0 Å². The van der Waals surface area contributed by atoms with Crippen LogP contribution in [0, 0.1) is 6.92 Å². The van der Waals surface area contributed by atoms with E-state index in [1.54, 1.807) is 43.5 Å². The first kappa shape index (κ1) is 18.6. The zero-order valence-electron chi connectivity index (χ0n) is 15.8. The molecule has 0 fully saturated rings. The monoisotopic (exact) mass is 389 g/mol. The van der Waals surface area contributed by atoms with Crippen molar-refractivity contribution in [3.8, 4) is 16.9 Å². The summed E-state index contributed by atoms with van der Waals surface area (Å²) in [4.78, 5) is 24.9. The minimum Gasteiger partial charge on any atom is -0.484 e. The first-order valence-electron chi connectivity index (χ1n) is 9.16. The van der Waals surface area contributed by atoms with Gasteiger partial charge in [-0.1, -0.05) is 30.3 Å². The molecule has 1 amide bonds. The summed E-state index contributed by atoms with van der Waals surface area (Å²) in [5.74, 6) is 1.36. The Bertz CT molecular complexity index is 1190. The fourth-order valence-electron chi connectivity index (χ4n) is 3.11. The summed E-state index contributed by atoms with van der Waals surface area (Å²) in [6, 6.07) is 17.9. The van der Waals surface area contributed by atoms with Gasteiger partial charge in [0.1, 0.15) is 22.9 Å². The van der Waals surface area contributed by atoms with Crippen molar-refractivity contribution in [2.75, 3.05) is 6.61 Å². The van der Waals surface area contributed by atoms with Crippen molar-refractivity contribution in [1.82, 2.24) is 5.32 Å². The predicted molar refractivity (Wildman–Crippen MR) is 109 cm³/mol. The lowest BCUT2D eigenvalue weighted by molar-refractivity contribution is -0.123. The number of hydrogen-bond acceptors (Lipinski definition) is 5. The number of hydrogen-bond donors (Lipinski definition) is 1. The van der Waals surface area contributed by atoms with E-state index in [0.29, 0.717) is 40.3 Å². The third-order valence-electron chi connectivity index (χ3n) is 4.51. The first-order chi connectivity index (χ1) is 14.1. The highest BCUT2D eigenvalue weighted by molar-refractivity contribution is 5.84. The maximum Gasteiger partial charge on any atom is 0.258 e. The van der Waals surface area contributed by atoms with E-state index in [0.717, 1.165) is 5.56 Å². The van der Waals surface area contributed by atoms with Gasteiger partial charge in [-0.25, -0.2) is 0 Å². The minimum absolute atomic E-state index is 0.0994. The highest BCUT2D eigenvalue weighted by atomic mass is 16.5. The summed E-state index contributed by atoms with van der Waals surface area (Å²) in [6.07, 6.45) is 1.55. The molecule has 0 bridgehead atoms. The summed E-state index contributed by atoms with van der Waals surface area (Å²) in [6.45, 7) is 1.90. The van der Waals surface area contributed by atoms with Crippen molar-refractivity contribution in [1.29, 1.82) is 0 Å². The van der Waals surface area contributed by atoms with Crippen LogP contribution in [0.2, 0.25) is 0 Å². The van der Waals surface area contributed by atoms with E-state index in [1.807, 2.05) is 30.3 Å². The van der Waals surface area contributed by atoms with Gasteiger partial charge in [-0.2, -0.15) is 0 Å². The lowest BCUT2D eigenvalue weighted by Crippen LogP contribution is -2.28. The van der Waals surface area contributed by atoms with Gasteiger partial charge in [-0.15, -0.1) is 0 Å². The molecule has 1 N–H and O–H groups in total. The second-order valence-electron chi connectivity index (χ2n) is 6.53. The van der Waals surface area contributed by atoms with Crippen LogP contribution in [0.5, 0.6) is 5.75 Å². The maximum atomic E-state index is 13.0. The lowest BCUT2D eigenvalue weighted by Gasteiger charge is -2.09. The molecule has 2 aromatic heterocycles. The molecular weight excluding hydrogens is 370 g/mol. The molecule has 0 unspecified atom stereocenters. The predicted octanol–water partition coefficient (Wildman–Crippen LogP) is 4.06. The van der Waals surface area contributed by atoms with Crippen LogP contribution in [-0.4, -0.2) is 12.5 Å². The third kappa shape index (κ3) is 4.06. The number of ether oxygens (including phenoxy) is 1. The highest BCUT2D eigenvalue weighted by Gasteiger charge is 2.14. The van der Waals surface area contributed by atoms with E-state index in [1.165, 1.54) is 0 Å². The van der Waals surface area contributed by atoms with Crippen molar-refractivity contribution in [3.63, 3.8) is 0 Å². The van der Waals surface area contributed by atoms with E-state index in [4.69, 9.17) is 13.6 Å². The van der Waals surface area contributed by atoms with E-state index in [2.05, 4.69) is 5.32 Å². The molecule has 2 aromatic carbocycles. The minimum atomic E-state index is -0.279. The molecule has 146 valence electrons. The number of aryl methyl sites for hydroxylation is 1. The van der Waals surface area contributed by atoms with Crippen molar-refractivity contribution >= 4 is 16.9 Å². The Hall–Kier alpha value is -3.80. The number of carbonyl (C=O) groups excluding carboxylic acids is 1. The number of carbonyl (C=O) groups is 1. The molecule has 0 aliphatic carbocycles. The maximum absolute atomic E-state index is 13.0. The highest BCUT2D eigenvalue weighted by Crippen LogP contribution is 2.26. The van der Waals surface area contributed by atoms with Crippen molar-refractivity contribution < 1.29 is 18.4 Å². The van der Waals surface area contributed by atoms with Crippen molar-refractivity contribution in [3.05, 3.63) is 88.7 Å². The Morgan fingerprint density at radius 1 is 1.07 bits per heavy atom. The Balaban J connectivity index is 1.51. The second kappa shape index (κ2) is 8.06. The van der Waals surface area contributed by atoms with Crippen LogP contribution < -0.4 is 15.5 Å². The molecule has 0 atom stereocenters. The molecule has 6 nitrogen and oxygen atoms in total. The fourth-order valence-corrected chi connectivity index (χ4v) is 3.11. The topological polar surface area (TPSA) is 81.7 Å². The van der Waals surface area contributed by atoms with Crippen molar-refractivity contribution in [2.24, 2.45) is 0 Å². The summed E-state index contributed by atoms with van der Waals surface area (Å²) in [5.41, 5.74) is 1.68. The van der Waals surface area contributed by atoms with Gasteiger partial charge in [-0.05, 0) is 36.8 Å². The Morgan fingerprint density at radius 3 is 2.66 bits per heavy atom. The summed E-state index contributed by atoms with van der Waals surface area (Å²) in [7, 11) is 0. The standard InChI is InChI=1S/C23H19NO5/c1-15-22(16-6-3-2-4-7-16)23(26)19-10-9-17(12-20(19)29-15)28-14-21(25)24-13-18-8-5-11-27-18/h2-12H,13-14H2,1H3,(H,24,25). The molecule has 0 aliphatic heterocycles. The Labute approximate surface area is 166 Å². The molecule has 0 spiro atoms. The smallest absolute Gasteiger partial charge is 0.258 e. The number of amides is 1. The Morgan fingerprint density at radius 2 is 1.90 bits per heavy atom. The van der Waals surface area contributed by atoms with Gasteiger partial charge in [0.2, 0.25) is 5.43 Å². The van der Waals surface area contributed by atoms with Gasteiger partial charge < -0.3 is 18.9 Å². The number of benzene rings is 2. The largest absolute Gasteiger partial charge is 0.484 e. The van der Waals surface area contributed by atoms with E-state index in [-0.39, 0.29) is 17.9 Å². The van der Waals surface area contributed by atoms with Crippen LogP contribution in [0.15, 0.2) is 80.6 Å². The summed E-state index contributed by atoms with van der Waals surface area (Å²) >= 11 is 0. The van der Waals surface area contributed by atoms with E-state index in [9.17, 15) is 9.59 Å². The summed E-state index contributed by atoms with van der Waals surface area (Å²) < 4.78 is 16.6.